The zero-order valence-electron chi connectivity index (χ0n) is 19.6. The standard InChI is InChI=1S/C27H29N3O5/c31-26(28-15-20-11-12-24-25(13-20)34-18-33-24)23-14-22(35-29-23)17-30(16-19-7-3-1-4-8-19)27(32)21-9-5-2-6-10-21/h1,3-4,7-8,11-14,21H,2,5-6,9-10,15-18H2,(H,28,31). The Bertz CT molecular complexity index is 1170. The highest BCUT2D eigenvalue weighted by molar-refractivity contribution is 5.92. The predicted octanol–water partition coefficient (Wildman–Crippen LogP) is 4.44. The fraction of sp³-hybridized carbons (Fsp3) is 0.370. The van der Waals surface area contributed by atoms with Gasteiger partial charge in [0.15, 0.2) is 23.0 Å². The molecule has 1 fully saturated rings. The van der Waals surface area contributed by atoms with E-state index in [1.807, 2.05) is 53.4 Å². The minimum absolute atomic E-state index is 0.0415. The molecule has 2 amide bonds. The molecule has 5 rings (SSSR count). The first-order valence-electron chi connectivity index (χ1n) is 12.1. The number of benzene rings is 2. The number of carbonyl (C=O) groups is 2. The first-order chi connectivity index (χ1) is 17.2. The van der Waals surface area contributed by atoms with Crippen LogP contribution in [-0.4, -0.2) is 28.7 Å². The summed E-state index contributed by atoms with van der Waals surface area (Å²) in [7, 11) is 0. The van der Waals surface area contributed by atoms with Crippen LogP contribution in [0, 0.1) is 5.92 Å². The highest BCUT2D eigenvalue weighted by Crippen LogP contribution is 2.32. The van der Waals surface area contributed by atoms with Crippen LogP contribution in [0.4, 0.5) is 0 Å². The monoisotopic (exact) mass is 475 g/mol. The lowest BCUT2D eigenvalue weighted by Crippen LogP contribution is -2.36. The van der Waals surface area contributed by atoms with E-state index in [1.54, 1.807) is 6.07 Å². The third kappa shape index (κ3) is 5.65. The fourth-order valence-corrected chi connectivity index (χ4v) is 4.63. The number of nitrogens with one attached hydrogen (secondary N) is 1. The van der Waals surface area contributed by atoms with Gasteiger partial charge in [-0.2, -0.15) is 0 Å². The molecule has 182 valence electrons. The van der Waals surface area contributed by atoms with Crippen molar-refractivity contribution in [2.24, 2.45) is 5.92 Å². The van der Waals surface area contributed by atoms with Crippen molar-refractivity contribution in [1.82, 2.24) is 15.4 Å². The summed E-state index contributed by atoms with van der Waals surface area (Å²) in [5.74, 6) is 1.69. The number of rotatable bonds is 8. The second kappa shape index (κ2) is 10.6. The summed E-state index contributed by atoms with van der Waals surface area (Å²) in [4.78, 5) is 27.8. The van der Waals surface area contributed by atoms with Gasteiger partial charge in [0.25, 0.3) is 5.91 Å². The van der Waals surface area contributed by atoms with Gasteiger partial charge in [0.2, 0.25) is 12.7 Å². The molecule has 1 aromatic heterocycles. The Hall–Kier alpha value is -3.81. The van der Waals surface area contributed by atoms with Gasteiger partial charge < -0.3 is 24.2 Å². The van der Waals surface area contributed by atoms with E-state index in [0.29, 0.717) is 30.3 Å². The van der Waals surface area contributed by atoms with Gasteiger partial charge >= 0.3 is 0 Å². The third-order valence-electron chi connectivity index (χ3n) is 6.51. The Morgan fingerprint density at radius 3 is 2.54 bits per heavy atom. The number of nitrogens with zero attached hydrogens (tertiary/aromatic N) is 2. The van der Waals surface area contributed by atoms with Gasteiger partial charge in [0.05, 0.1) is 6.54 Å². The Kier molecular flexibility index (Phi) is 6.97. The molecule has 1 aliphatic carbocycles. The Balaban J connectivity index is 1.23. The molecule has 0 radical (unpaired) electrons. The van der Waals surface area contributed by atoms with Crippen molar-refractivity contribution < 1.29 is 23.6 Å². The van der Waals surface area contributed by atoms with Gasteiger partial charge in [-0.3, -0.25) is 9.59 Å². The maximum absolute atomic E-state index is 13.4. The quantitative estimate of drug-likeness (QED) is 0.518. The lowest BCUT2D eigenvalue weighted by Gasteiger charge is -2.28. The van der Waals surface area contributed by atoms with Crippen molar-refractivity contribution in [2.45, 2.75) is 51.7 Å². The van der Waals surface area contributed by atoms with Crippen LogP contribution in [-0.2, 0) is 24.4 Å². The molecule has 0 unspecified atom stereocenters. The highest BCUT2D eigenvalue weighted by atomic mass is 16.7. The van der Waals surface area contributed by atoms with Crippen LogP contribution in [0.3, 0.4) is 0 Å². The molecule has 1 saturated carbocycles. The molecule has 2 aliphatic rings. The number of aromatic nitrogens is 1. The molecule has 2 aromatic carbocycles. The molecular formula is C27H29N3O5. The number of ether oxygens (including phenoxy) is 2. The average Bonchev–Trinajstić information content (AvgIpc) is 3.57. The van der Waals surface area contributed by atoms with Crippen molar-refractivity contribution in [3.05, 3.63) is 77.2 Å². The summed E-state index contributed by atoms with van der Waals surface area (Å²) >= 11 is 0. The normalized spacial score (nSPS) is 15.1. The molecule has 8 heteroatoms. The van der Waals surface area contributed by atoms with Crippen molar-refractivity contribution in [1.29, 1.82) is 0 Å². The molecule has 1 N–H and O–H groups in total. The molecule has 8 nitrogen and oxygen atoms in total. The molecule has 1 aliphatic heterocycles. The van der Waals surface area contributed by atoms with Gasteiger partial charge in [-0.05, 0) is 36.1 Å². The van der Waals surface area contributed by atoms with Crippen LogP contribution >= 0.6 is 0 Å². The van der Waals surface area contributed by atoms with Crippen LogP contribution < -0.4 is 14.8 Å². The number of amides is 2. The maximum Gasteiger partial charge on any atom is 0.273 e. The number of fused-ring (bicyclic) bond motifs is 1. The smallest absolute Gasteiger partial charge is 0.273 e. The Morgan fingerprint density at radius 1 is 0.914 bits per heavy atom. The number of hydrogen-bond donors (Lipinski definition) is 1. The lowest BCUT2D eigenvalue weighted by molar-refractivity contribution is -0.138. The van der Waals surface area contributed by atoms with E-state index in [0.717, 1.165) is 36.8 Å². The first kappa shape index (κ1) is 23.0. The second-order valence-corrected chi connectivity index (χ2v) is 9.06. The van der Waals surface area contributed by atoms with Crippen LogP contribution in [0.1, 0.15) is 59.5 Å². The fourth-order valence-electron chi connectivity index (χ4n) is 4.63. The highest BCUT2D eigenvalue weighted by Gasteiger charge is 2.27. The molecule has 0 bridgehead atoms. The Labute approximate surface area is 204 Å². The molecule has 0 atom stereocenters. The predicted molar refractivity (Wildman–Crippen MR) is 128 cm³/mol. The summed E-state index contributed by atoms with van der Waals surface area (Å²) < 4.78 is 16.2. The third-order valence-corrected chi connectivity index (χ3v) is 6.51. The van der Waals surface area contributed by atoms with Gasteiger partial charge in [0.1, 0.15) is 0 Å². The molecule has 2 heterocycles. The summed E-state index contributed by atoms with van der Waals surface area (Å²) in [5.41, 5.74) is 2.13. The van der Waals surface area contributed by atoms with Crippen LogP contribution in [0.25, 0.3) is 0 Å². The van der Waals surface area contributed by atoms with Crippen molar-refractivity contribution in [2.75, 3.05) is 6.79 Å². The summed E-state index contributed by atoms with van der Waals surface area (Å²) in [6.07, 6.45) is 5.22. The average molecular weight is 476 g/mol. The molecular weight excluding hydrogens is 446 g/mol. The topological polar surface area (TPSA) is 93.9 Å². The van der Waals surface area contributed by atoms with E-state index in [4.69, 9.17) is 14.0 Å². The molecule has 0 spiro atoms. The maximum atomic E-state index is 13.4. The van der Waals surface area contributed by atoms with Crippen LogP contribution in [0.15, 0.2) is 59.1 Å². The summed E-state index contributed by atoms with van der Waals surface area (Å²) in [6, 6.07) is 17.1. The van der Waals surface area contributed by atoms with Gasteiger partial charge in [-0.1, -0.05) is 60.8 Å². The zero-order chi connectivity index (χ0) is 24.0. The van der Waals surface area contributed by atoms with Gasteiger partial charge in [0, 0.05) is 25.1 Å². The lowest BCUT2D eigenvalue weighted by atomic mass is 9.88. The molecule has 35 heavy (non-hydrogen) atoms. The first-order valence-corrected chi connectivity index (χ1v) is 12.1. The summed E-state index contributed by atoms with van der Waals surface area (Å²) in [6.45, 7) is 1.28. The largest absolute Gasteiger partial charge is 0.454 e. The van der Waals surface area contributed by atoms with Gasteiger partial charge in [-0.25, -0.2) is 0 Å². The SMILES string of the molecule is O=C(NCc1ccc2c(c1)OCO2)c1cc(CN(Cc2ccccc2)C(=O)C2CCCCC2)on1. The van der Waals surface area contributed by atoms with E-state index in [-0.39, 0.29) is 36.8 Å². The van der Waals surface area contributed by atoms with Crippen LogP contribution in [0.2, 0.25) is 0 Å². The van der Waals surface area contributed by atoms with E-state index >= 15 is 0 Å². The Morgan fingerprint density at radius 2 is 1.71 bits per heavy atom. The van der Waals surface area contributed by atoms with Crippen molar-refractivity contribution in [3.63, 3.8) is 0 Å². The van der Waals surface area contributed by atoms with E-state index in [9.17, 15) is 9.59 Å². The second-order valence-electron chi connectivity index (χ2n) is 9.06. The number of hydrogen-bond acceptors (Lipinski definition) is 6. The van der Waals surface area contributed by atoms with E-state index in [2.05, 4.69) is 10.5 Å². The van der Waals surface area contributed by atoms with Crippen LogP contribution in [0.5, 0.6) is 11.5 Å². The van der Waals surface area contributed by atoms with E-state index < -0.39 is 0 Å². The minimum atomic E-state index is -0.342. The summed E-state index contributed by atoms with van der Waals surface area (Å²) in [5, 5.41) is 6.80. The minimum Gasteiger partial charge on any atom is -0.454 e. The zero-order valence-corrected chi connectivity index (χ0v) is 19.6. The van der Waals surface area contributed by atoms with Crippen molar-refractivity contribution >= 4 is 11.8 Å². The van der Waals surface area contributed by atoms with E-state index in [1.165, 1.54) is 6.42 Å². The van der Waals surface area contributed by atoms with Crippen molar-refractivity contribution in [3.8, 4) is 11.5 Å². The number of carbonyl (C=O) groups excluding carboxylic acids is 2. The molecule has 0 saturated heterocycles. The van der Waals surface area contributed by atoms with Gasteiger partial charge in [-0.15, -0.1) is 0 Å². The molecule has 3 aromatic rings.